The molecule has 1 aliphatic carbocycles. The molecule has 1 aliphatic heterocycles. The van der Waals surface area contributed by atoms with Crippen molar-refractivity contribution in [1.29, 1.82) is 0 Å². The molecule has 0 saturated carbocycles. The van der Waals surface area contributed by atoms with Gasteiger partial charge >= 0.3 is 0 Å². The topological polar surface area (TPSA) is 43.0 Å². The summed E-state index contributed by atoms with van der Waals surface area (Å²) in [6.45, 7) is 10.7. The van der Waals surface area contributed by atoms with Crippen LogP contribution in [0.3, 0.4) is 0 Å². The van der Waals surface area contributed by atoms with E-state index in [1.807, 2.05) is 28.8 Å². The predicted molar refractivity (Wildman–Crippen MR) is 186 cm³/mol. The summed E-state index contributed by atoms with van der Waals surface area (Å²) in [5, 5.41) is 0.555. The molecule has 2 aliphatic rings. The summed E-state index contributed by atoms with van der Waals surface area (Å²) in [4.78, 5) is 28.5. The number of aromatic nitrogens is 2. The molecule has 3 heterocycles. The summed E-state index contributed by atoms with van der Waals surface area (Å²) >= 11 is 0. The van der Waals surface area contributed by atoms with E-state index >= 15 is 0 Å². The Labute approximate surface area is 261 Å². The highest BCUT2D eigenvalue weighted by Gasteiger charge is 2.42. The Kier molecular flexibility index (Phi) is 5.09. The van der Waals surface area contributed by atoms with Crippen LogP contribution in [0.5, 0.6) is 0 Å². The molecule has 7 aromatic rings. The van der Waals surface area contributed by atoms with Crippen molar-refractivity contribution < 1.29 is 0 Å². The molecule has 9 rings (SSSR count). The van der Waals surface area contributed by atoms with Gasteiger partial charge in [0.2, 0.25) is 0 Å². The minimum absolute atomic E-state index is 0.112. The van der Waals surface area contributed by atoms with E-state index < -0.39 is 0 Å². The van der Waals surface area contributed by atoms with Gasteiger partial charge in [0.25, 0.3) is 17.8 Å². The van der Waals surface area contributed by atoms with Gasteiger partial charge in [0, 0.05) is 10.9 Å². The van der Waals surface area contributed by atoms with Gasteiger partial charge in [0.1, 0.15) is 0 Å². The minimum Gasteiger partial charge on any atom is -0.268 e. The number of hydrogen-bond donors (Lipinski definition) is 0. The number of fused-ring (bicyclic) bond motifs is 10. The van der Waals surface area contributed by atoms with E-state index in [-0.39, 0.29) is 23.2 Å². The van der Waals surface area contributed by atoms with Gasteiger partial charge in [-0.2, -0.15) is 4.52 Å². The summed E-state index contributed by atoms with van der Waals surface area (Å²) in [6, 6.07) is 34.0. The first-order valence-electron chi connectivity index (χ1n) is 15.7. The lowest BCUT2D eigenvalue weighted by Gasteiger charge is -2.22. The lowest BCUT2D eigenvalue weighted by Crippen LogP contribution is -2.56. The summed E-state index contributed by atoms with van der Waals surface area (Å²) in [5.41, 5.74) is 15.7. The van der Waals surface area contributed by atoms with E-state index in [1.165, 1.54) is 32.3 Å². The third-order valence-electron chi connectivity index (χ3n) is 10.5. The zero-order valence-corrected chi connectivity index (χ0v) is 26.0. The largest absolute Gasteiger partial charge is 0.282 e. The third-order valence-corrected chi connectivity index (χ3v) is 10.5. The molecule has 0 bridgehead atoms. The molecule has 0 amide bonds. The van der Waals surface area contributed by atoms with E-state index in [9.17, 15) is 9.59 Å². The van der Waals surface area contributed by atoms with Crippen molar-refractivity contribution in [2.45, 2.75) is 40.0 Å². The van der Waals surface area contributed by atoms with Gasteiger partial charge in [-0.25, -0.2) is 4.52 Å². The number of hydrogen-bond acceptors (Lipinski definition) is 2. The summed E-state index contributed by atoms with van der Waals surface area (Å²) in [5.74, 6) is 0. The van der Waals surface area contributed by atoms with Gasteiger partial charge in [0.05, 0.1) is 16.6 Å². The second-order valence-electron chi connectivity index (χ2n) is 13.5. The third kappa shape index (κ3) is 3.28. The number of benzene rings is 5. The van der Waals surface area contributed by atoms with Crippen LogP contribution in [0.25, 0.3) is 44.4 Å². The van der Waals surface area contributed by atoms with Crippen molar-refractivity contribution >= 4 is 34.0 Å². The summed E-state index contributed by atoms with van der Waals surface area (Å²) in [7, 11) is 0. The number of aryl methyl sites for hydroxylation is 3. The maximum atomic E-state index is 14.4. The number of rotatable bonds is 2. The average molecular weight is 583 g/mol. The molecule has 5 aromatic carbocycles. The van der Waals surface area contributed by atoms with Crippen LogP contribution in [0.1, 0.15) is 41.7 Å². The van der Waals surface area contributed by atoms with E-state index in [2.05, 4.69) is 107 Å². The average Bonchev–Trinajstić information content (AvgIpc) is 3.68. The standard InChI is InChI=1S/C40H31BN2O2/c1-22-18-23(2)35(24(3)19-22)41-33-13-9-7-11-29(33)37-36(41)39(45)43-38(44)30-20-25(15-17-34(30)42(37)43)26-14-16-28-27-10-6-8-12-31(27)40(4,5)32(28)21-26/h6-21H,1-5H3. The van der Waals surface area contributed by atoms with Crippen LogP contribution in [0.15, 0.2) is 107 Å². The van der Waals surface area contributed by atoms with E-state index in [1.54, 1.807) is 0 Å². The molecular weight excluding hydrogens is 551 g/mol. The zero-order valence-electron chi connectivity index (χ0n) is 26.0. The number of nitrogens with zero attached hydrogens (tertiary/aromatic N) is 2. The summed E-state index contributed by atoms with van der Waals surface area (Å²) < 4.78 is 3.24. The molecular formula is C40H31BN2O2. The van der Waals surface area contributed by atoms with Crippen molar-refractivity contribution in [2.75, 3.05) is 0 Å². The molecule has 4 nitrogen and oxygen atoms in total. The van der Waals surface area contributed by atoms with Gasteiger partial charge < -0.3 is 0 Å². The van der Waals surface area contributed by atoms with E-state index in [0.717, 1.165) is 50.0 Å². The fourth-order valence-corrected chi connectivity index (χ4v) is 8.59. The Morgan fingerprint density at radius 1 is 0.600 bits per heavy atom. The van der Waals surface area contributed by atoms with Crippen molar-refractivity contribution in [3.05, 3.63) is 146 Å². The first-order chi connectivity index (χ1) is 21.7. The zero-order chi connectivity index (χ0) is 30.9. The molecule has 0 atom stereocenters. The van der Waals surface area contributed by atoms with Crippen LogP contribution in [0.2, 0.25) is 0 Å². The Hall–Kier alpha value is -5.16. The quantitative estimate of drug-likeness (QED) is 0.244. The van der Waals surface area contributed by atoms with Crippen molar-refractivity contribution in [1.82, 2.24) is 9.03 Å². The van der Waals surface area contributed by atoms with Crippen molar-refractivity contribution in [3.63, 3.8) is 0 Å². The van der Waals surface area contributed by atoms with Gasteiger partial charge in [0.15, 0.2) is 0 Å². The van der Waals surface area contributed by atoms with Crippen LogP contribution >= 0.6 is 0 Å². The molecule has 0 N–H and O–H groups in total. The monoisotopic (exact) mass is 582 g/mol. The Bertz CT molecular complexity index is 2530. The van der Waals surface area contributed by atoms with Crippen molar-refractivity contribution in [2.24, 2.45) is 0 Å². The maximum absolute atomic E-state index is 14.4. The second kappa shape index (κ2) is 8.73. The van der Waals surface area contributed by atoms with Crippen LogP contribution in [0.4, 0.5) is 0 Å². The lowest BCUT2D eigenvalue weighted by molar-refractivity contribution is 0.660. The normalized spacial score (nSPS) is 14.2. The second-order valence-corrected chi connectivity index (χ2v) is 13.5. The fraction of sp³-hybridized carbons (Fsp3) is 0.150. The molecule has 0 fully saturated rings. The maximum Gasteiger partial charge on any atom is 0.282 e. The molecule has 0 spiro atoms. The van der Waals surface area contributed by atoms with Crippen LogP contribution < -0.4 is 27.5 Å². The molecule has 0 unspecified atom stereocenters. The molecule has 0 saturated heterocycles. The first kappa shape index (κ1) is 26.3. The predicted octanol–water partition coefficient (Wildman–Crippen LogP) is 5.75. The first-order valence-corrected chi connectivity index (χ1v) is 15.7. The fourth-order valence-electron chi connectivity index (χ4n) is 8.59. The van der Waals surface area contributed by atoms with Gasteiger partial charge in [-0.3, -0.25) is 9.59 Å². The van der Waals surface area contributed by atoms with Gasteiger partial charge in [-0.15, -0.1) is 0 Å². The van der Waals surface area contributed by atoms with Gasteiger partial charge in [-0.05, 0) is 77.9 Å². The highest BCUT2D eigenvalue weighted by molar-refractivity contribution is 6.99. The smallest absolute Gasteiger partial charge is 0.268 e. The van der Waals surface area contributed by atoms with Crippen molar-refractivity contribution in [3.8, 4) is 33.5 Å². The van der Waals surface area contributed by atoms with Crippen LogP contribution in [-0.2, 0) is 5.41 Å². The highest BCUT2D eigenvalue weighted by atomic mass is 16.2. The molecule has 0 radical (unpaired) electrons. The van der Waals surface area contributed by atoms with Gasteiger partial charge in [-0.1, -0.05) is 120 Å². The molecule has 2 aromatic heterocycles. The van der Waals surface area contributed by atoms with Crippen LogP contribution in [0, 0.1) is 20.8 Å². The Balaban J connectivity index is 1.26. The Morgan fingerprint density at radius 2 is 1.24 bits per heavy atom. The molecule has 45 heavy (non-hydrogen) atoms. The minimum atomic E-state index is -0.270. The summed E-state index contributed by atoms with van der Waals surface area (Å²) in [6.07, 6.45) is 0. The molecule has 216 valence electrons. The SMILES string of the molecule is Cc1cc(C)c(B2c3ccccc3-c3c2c(=O)n2c(=O)c4cc(-c5ccc6c(c5)C(C)(C)c5ccccc5-6)ccc4n32)c(C)c1. The van der Waals surface area contributed by atoms with E-state index in [4.69, 9.17) is 0 Å². The molecule has 5 heteroatoms. The lowest BCUT2D eigenvalue weighted by atomic mass is 9.37. The Morgan fingerprint density at radius 3 is 2.02 bits per heavy atom. The van der Waals surface area contributed by atoms with Crippen LogP contribution in [-0.4, -0.2) is 15.7 Å². The highest BCUT2D eigenvalue weighted by Crippen LogP contribution is 2.49. The van der Waals surface area contributed by atoms with E-state index in [0.29, 0.717) is 10.8 Å².